The summed E-state index contributed by atoms with van der Waals surface area (Å²) < 4.78 is 5.80. The highest BCUT2D eigenvalue weighted by Gasteiger charge is 2.04. The molecule has 0 aromatic heterocycles. The average Bonchev–Trinajstić information content (AvgIpc) is 2.37. The first-order chi connectivity index (χ1) is 8.68. The van der Waals surface area contributed by atoms with Gasteiger partial charge in [-0.25, -0.2) is 0 Å². The second-order valence-electron chi connectivity index (χ2n) is 4.55. The smallest absolute Gasteiger partial charge is 0.127 e. The maximum absolute atomic E-state index is 6.16. The maximum atomic E-state index is 6.16. The number of hydrogen-bond acceptors (Lipinski definition) is 2. The molecular weight excluding hydrogens is 246 g/mol. The van der Waals surface area contributed by atoms with E-state index in [1.165, 1.54) is 0 Å². The van der Waals surface area contributed by atoms with Crippen molar-refractivity contribution in [3.63, 3.8) is 0 Å². The number of ether oxygens (including phenoxy) is 1. The summed E-state index contributed by atoms with van der Waals surface area (Å²) in [6, 6.07) is 12.3. The van der Waals surface area contributed by atoms with Crippen LogP contribution in [0, 0.1) is 0 Å². The Hall–Kier alpha value is -1.25. The average molecular weight is 264 g/mol. The molecule has 0 saturated heterocycles. The van der Waals surface area contributed by atoms with E-state index in [0.717, 1.165) is 28.1 Å². The number of halogens is 1. The second-order valence-corrected chi connectivity index (χ2v) is 4.96. The molecule has 3 heteroatoms. The third kappa shape index (κ3) is 3.15. The fraction of sp³-hybridized carbons (Fsp3) is 0.333. The Balaban J connectivity index is 2.11. The summed E-state index contributed by atoms with van der Waals surface area (Å²) in [6.07, 6.45) is 0. The standard InChI is InChI=1S/C15H18ClNO/c1-11(2)17-9-10-18-15-8-7-14(16)12-5-3-4-6-13(12)15/h3-8,11,17H,9-10H2,1-2H3. The van der Waals surface area contributed by atoms with Crippen molar-refractivity contribution < 1.29 is 4.74 Å². The molecule has 2 aromatic rings. The molecule has 96 valence electrons. The Morgan fingerprint density at radius 3 is 2.56 bits per heavy atom. The molecule has 0 saturated carbocycles. The summed E-state index contributed by atoms with van der Waals surface area (Å²) in [6.45, 7) is 5.74. The molecule has 0 radical (unpaired) electrons. The normalized spacial score (nSPS) is 11.1. The number of hydrogen-bond donors (Lipinski definition) is 1. The number of fused-ring (bicyclic) bond motifs is 1. The molecule has 0 unspecified atom stereocenters. The monoisotopic (exact) mass is 263 g/mol. The van der Waals surface area contributed by atoms with Crippen molar-refractivity contribution in [2.24, 2.45) is 0 Å². The van der Waals surface area contributed by atoms with Gasteiger partial charge in [0.1, 0.15) is 12.4 Å². The van der Waals surface area contributed by atoms with E-state index in [1.807, 2.05) is 36.4 Å². The number of benzene rings is 2. The molecule has 1 N–H and O–H groups in total. The van der Waals surface area contributed by atoms with Crippen molar-refractivity contribution in [3.05, 3.63) is 41.4 Å². The van der Waals surface area contributed by atoms with E-state index in [9.17, 15) is 0 Å². The fourth-order valence-electron chi connectivity index (χ4n) is 1.87. The number of nitrogens with one attached hydrogen (secondary N) is 1. The van der Waals surface area contributed by atoms with Gasteiger partial charge in [0.25, 0.3) is 0 Å². The fourth-order valence-corrected chi connectivity index (χ4v) is 2.10. The van der Waals surface area contributed by atoms with Gasteiger partial charge in [0.2, 0.25) is 0 Å². The lowest BCUT2D eigenvalue weighted by Crippen LogP contribution is -2.27. The van der Waals surface area contributed by atoms with Crippen LogP contribution in [0.5, 0.6) is 5.75 Å². The van der Waals surface area contributed by atoms with Crippen LogP contribution in [0.15, 0.2) is 36.4 Å². The lowest BCUT2D eigenvalue weighted by atomic mass is 10.1. The highest BCUT2D eigenvalue weighted by atomic mass is 35.5. The molecule has 0 fully saturated rings. The summed E-state index contributed by atoms with van der Waals surface area (Å²) in [5.41, 5.74) is 0. The van der Waals surface area contributed by atoms with Crippen LogP contribution >= 0.6 is 11.6 Å². The van der Waals surface area contributed by atoms with Gasteiger partial charge >= 0.3 is 0 Å². The Kier molecular flexibility index (Phi) is 4.45. The van der Waals surface area contributed by atoms with E-state index in [1.54, 1.807) is 0 Å². The Morgan fingerprint density at radius 1 is 1.11 bits per heavy atom. The Labute approximate surface area is 113 Å². The Morgan fingerprint density at radius 2 is 1.83 bits per heavy atom. The maximum Gasteiger partial charge on any atom is 0.127 e. The summed E-state index contributed by atoms with van der Waals surface area (Å²) in [7, 11) is 0. The molecule has 0 heterocycles. The van der Waals surface area contributed by atoms with Gasteiger partial charge in [-0.2, -0.15) is 0 Å². The van der Waals surface area contributed by atoms with Gasteiger partial charge in [-0.1, -0.05) is 49.7 Å². The Bertz CT molecular complexity index is 525. The molecule has 2 nitrogen and oxygen atoms in total. The lowest BCUT2D eigenvalue weighted by Gasteiger charge is -2.12. The van der Waals surface area contributed by atoms with Crippen LogP contribution in [-0.4, -0.2) is 19.2 Å². The van der Waals surface area contributed by atoms with Gasteiger partial charge in [-0.15, -0.1) is 0 Å². The largest absolute Gasteiger partial charge is 0.492 e. The topological polar surface area (TPSA) is 21.3 Å². The van der Waals surface area contributed by atoms with Crippen molar-refractivity contribution in [1.82, 2.24) is 5.32 Å². The summed E-state index contributed by atoms with van der Waals surface area (Å²) >= 11 is 6.16. The van der Waals surface area contributed by atoms with Crippen LogP contribution in [0.2, 0.25) is 5.02 Å². The summed E-state index contributed by atoms with van der Waals surface area (Å²) in [5.74, 6) is 0.889. The van der Waals surface area contributed by atoms with Gasteiger partial charge < -0.3 is 10.1 Å². The van der Waals surface area contributed by atoms with Crippen LogP contribution in [0.4, 0.5) is 0 Å². The zero-order valence-corrected chi connectivity index (χ0v) is 11.5. The van der Waals surface area contributed by atoms with Crippen LogP contribution in [0.1, 0.15) is 13.8 Å². The van der Waals surface area contributed by atoms with Gasteiger partial charge in [0.05, 0.1) is 0 Å². The van der Waals surface area contributed by atoms with Crippen molar-refractivity contribution >= 4 is 22.4 Å². The summed E-state index contributed by atoms with van der Waals surface area (Å²) in [5, 5.41) is 6.19. The van der Waals surface area contributed by atoms with E-state index < -0.39 is 0 Å². The predicted octanol–water partition coefficient (Wildman–Crippen LogP) is 3.87. The van der Waals surface area contributed by atoms with Crippen LogP contribution < -0.4 is 10.1 Å². The van der Waals surface area contributed by atoms with E-state index in [-0.39, 0.29) is 0 Å². The molecule has 0 atom stereocenters. The molecule has 2 rings (SSSR count). The van der Waals surface area contributed by atoms with Crippen LogP contribution in [0.3, 0.4) is 0 Å². The minimum Gasteiger partial charge on any atom is -0.492 e. The van der Waals surface area contributed by atoms with E-state index >= 15 is 0 Å². The summed E-state index contributed by atoms with van der Waals surface area (Å²) in [4.78, 5) is 0. The van der Waals surface area contributed by atoms with Crippen LogP contribution in [0.25, 0.3) is 10.8 Å². The molecule has 0 aliphatic heterocycles. The quantitative estimate of drug-likeness (QED) is 0.827. The molecular formula is C15H18ClNO. The first-order valence-electron chi connectivity index (χ1n) is 6.22. The van der Waals surface area contributed by atoms with Gasteiger partial charge in [0.15, 0.2) is 0 Å². The third-order valence-corrected chi connectivity index (χ3v) is 3.07. The zero-order valence-electron chi connectivity index (χ0n) is 10.7. The molecule has 0 bridgehead atoms. The molecule has 2 aromatic carbocycles. The van der Waals surface area contributed by atoms with Gasteiger partial charge in [-0.05, 0) is 12.1 Å². The van der Waals surface area contributed by atoms with E-state index in [4.69, 9.17) is 16.3 Å². The molecule has 0 spiro atoms. The van der Waals surface area contributed by atoms with Gasteiger partial charge in [-0.3, -0.25) is 0 Å². The van der Waals surface area contributed by atoms with E-state index in [2.05, 4.69) is 19.2 Å². The van der Waals surface area contributed by atoms with Crippen LogP contribution in [-0.2, 0) is 0 Å². The zero-order chi connectivity index (χ0) is 13.0. The number of rotatable bonds is 5. The first kappa shape index (κ1) is 13.2. The molecule has 0 aliphatic carbocycles. The van der Waals surface area contributed by atoms with Crippen molar-refractivity contribution in [3.8, 4) is 5.75 Å². The van der Waals surface area contributed by atoms with Gasteiger partial charge in [0, 0.05) is 28.4 Å². The van der Waals surface area contributed by atoms with Crippen molar-refractivity contribution in [1.29, 1.82) is 0 Å². The lowest BCUT2D eigenvalue weighted by molar-refractivity contribution is 0.312. The minimum atomic E-state index is 0.482. The SMILES string of the molecule is CC(C)NCCOc1ccc(Cl)c2ccccc12. The van der Waals surface area contributed by atoms with E-state index in [0.29, 0.717) is 12.6 Å². The van der Waals surface area contributed by atoms with Crippen molar-refractivity contribution in [2.45, 2.75) is 19.9 Å². The predicted molar refractivity (Wildman–Crippen MR) is 77.6 cm³/mol. The highest BCUT2D eigenvalue weighted by molar-refractivity contribution is 6.35. The molecule has 0 amide bonds. The molecule has 18 heavy (non-hydrogen) atoms. The minimum absolute atomic E-state index is 0.482. The van der Waals surface area contributed by atoms with Crippen molar-refractivity contribution in [2.75, 3.05) is 13.2 Å². The second kappa shape index (κ2) is 6.07. The third-order valence-electron chi connectivity index (χ3n) is 2.74. The highest BCUT2D eigenvalue weighted by Crippen LogP contribution is 2.31. The first-order valence-corrected chi connectivity index (χ1v) is 6.59. The molecule has 0 aliphatic rings.